The number of furan rings is 2. The number of rotatable bonds is 16. The van der Waals surface area contributed by atoms with Crippen LogP contribution in [0.1, 0.15) is 61.9 Å². The molecule has 5 aromatic carbocycles. The molecule has 0 N–H and O–H groups in total. The summed E-state index contributed by atoms with van der Waals surface area (Å²) in [5.74, 6) is 2.97. The van der Waals surface area contributed by atoms with Gasteiger partial charge in [0.05, 0.1) is 25.7 Å². The molecule has 7 rings (SSSR count). The molecule has 0 bridgehead atoms. The van der Waals surface area contributed by atoms with Crippen LogP contribution < -0.4 is 4.74 Å². The third kappa shape index (κ3) is 9.69. The van der Waals surface area contributed by atoms with E-state index in [2.05, 4.69) is 128 Å². The first-order valence-corrected chi connectivity index (χ1v) is 18.0. The zero-order valence-electron chi connectivity index (χ0n) is 29.6. The molecular formula is C48H44O4. The van der Waals surface area contributed by atoms with Gasteiger partial charge in [-0.3, -0.25) is 0 Å². The van der Waals surface area contributed by atoms with Gasteiger partial charge in [-0.15, -0.1) is 0 Å². The molecule has 0 aliphatic carbocycles. The fourth-order valence-electron chi connectivity index (χ4n) is 6.59. The molecule has 0 radical (unpaired) electrons. The van der Waals surface area contributed by atoms with Gasteiger partial charge in [-0.1, -0.05) is 121 Å². The largest absolute Gasteiger partial charge is 0.493 e. The molecule has 4 heteroatoms. The lowest BCUT2D eigenvalue weighted by Crippen LogP contribution is -2.07. The van der Waals surface area contributed by atoms with E-state index < -0.39 is 0 Å². The van der Waals surface area contributed by atoms with Gasteiger partial charge in [0.15, 0.2) is 0 Å². The summed E-state index contributed by atoms with van der Waals surface area (Å²) in [6.07, 6.45) is 8.35. The average molecular weight is 685 g/mol. The van der Waals surface area contributed by atoms with Crippen molar-refractivity contribution in [2.45, 2.75) is 45.3 Å². The van der Waals surface area contributed by atoms with Crippen molar-refractivity contribution in [3.8, 4) is 5.75 Å². The van der Waals surface area contributed by atoms with Crippen molar-refractivity contribution in [1.29, 1.82) is 0 Å². The first kappa shape index (κ1) is 34.6. The Balaban J connectivity index is 1.10. The maximum Gasteiger partial charge on any atom is 0.129 e. The lowest BCUT2D eigenvalue weighted by atomic mass is 9.86. The summed E-state index contributed by atoms with van der Waals surface area (Å²) in [6, 6.07) is 53.5. The zero-order valence-corrected chi connectivity index (χ0v) is 29.6. The molecule has 260 valence electrons. The first-order valence-electron chi connectivity index (χ1n) is 18.0. The third-order valence-electron chi connectivity index (χ3n) is 9.33. The van der Waals surface area contributed by atoms with Gasteiger partial charge in [0.2, 0.25) is 0 Å². The van der Waals surface area contributed by atoms with Crippen molar-refractivity contribution in [1.82, 2.24) is 0 Å². The highest BCUT2D eigenvalue weighted by Gasteiger charge is 2.14. The van der Waals surface area contributed by atoms with Crippen molar-refractivity contribution >= 4 is 11.6 Å². The van der Waals surface area contributed by atoms with E-state index in [1.165, 1.54) is 22.3 Å². The second-order valence-corrected chi connectivity index (χ2v) is 13.3. The fraction of sp³-hybridized carbons (Fsp3) is 0.167. The Morgan fingerprint density at radius 1 is 0.596 bits per heavy atom. The summed E-state index contributed by atoms with van der Waals surface area (Å²) in [6.45, 7) is 3.69. The normalized spacial score (nSPS) is 12.1. The van der Waals surface area contributed by atoms with Crippen LogP contribution in [0.2, 0.25) is 0 Å². The van der Waals surface area contributed by atoms with Gasteiger partial charge in [-0.25, -0.2) is 0 Å². The van der Waals surface area contributed by atoms with Crippen LogP contribution in [0.25, 0.3) is 11.6 Å². The van der Waals surface area contributed by atoms with Crippen LogP contribution in [0.4, 0.5) is 0 Å². The fourth-order valence-corrected chi connectivity index (χ4v) is 6.59. The molecule has 0 saturated carbocycles. The quantitative estimate of drug-likeness (QED) is 0.0951. The van der Waals surface area contributed by atoms with E-state index >= 15 is 0 Å². The van der Waals surface area contributed by atoms with Gasteiger partial charge < -0.3 is 18.3 Å². The molecule has 0 saturated heterocycles. The van der Waals surface area contributed by atoms with Gasteiger partial charge >= 0.3 is 0 Å². The molecule has 0 spiro atoms. The summed E-state index contributed by atoms with van der Waals surface area (Å²) in [5.41, 5.74) is 11.0. The Morgan fingerprint density at radius 3 is 1.96 bits per heavy atom. The molecule has 1 unspecified atom stereocenters. The van der Waals surface area contributed by atoms with Gasteiger partial charge in [0.25, 0.3) is 0 Å². The van der Waals surface area contributed by atoms with E-state index in [1.807, 2.05) is 36.4 Å². The number of benzene rings is 5. The SMILES string of the molecule is Cc1cccc(CC(Cc2ccc(C=C(c3ccc(COCc4ccco4)cc3)c3ccc(OCCc4ccco4)cc3)cc2)c2ccccc2)c1. The lowest BCUT2D eigenvalue weighted by molar-refractivity contribution is 0.0929. The second-order valence-electron chi connectivity index (χ2n) is 13.3. The van der Waals surface area contributed by atoms with E-state index in [0.717, 1.165) is 64.4 Å². The van der Waals surface area contributed by atoms with E-state index in [1.54, 1.807) is 12.5 Å². The van der Waals surface area contributed by atoms with Crippen LogP contribution in [0.3, 0.4) is 0 Å². The molecule has 0 amide bonds. The summed E-state index contributed by atoms with van der Waals surface area (Å²) < 4.78 is 22.8. The summed E-state index contributed by atoms with van der Waals surface area (Å²) in [7, 11) is 0. The van der Waals surface area contributed by atoms with Crippen LogP contribution in [0.5, 0.6) is 5.75 Å². The smallest absolute Gasteiger partial charge is 0.129 e. The predicted molar refractivity (Wildman–Crippen MR) is 209 cm³/mol. The lowest BCUT2D eigenvalue weighted by Gasteiger charge is -2.18. The molecule has 52 heavy (non-hydrogen) atoms. The maximum absolute atomic E-state index is 6.04. The minimum atomic E-state index is 0.390. The van der Waals surface area contributed by atoms with Crippen LogP contribution in [0.15, 0.2) is 173 Å². The molecule has 0 fully saturated rings. The van der Waals surface area contributed by atoms with E-state index in [9.17, 15) is 0 Å². The molecule has 7 aromatic rings. The molecule has 1 atom stereocenters. The molecule has 0 aliphatic rings. The highest BCUT2D eigenvalue weighted by Crippen LogP contribution is 2.30. The van der Waals surface area contributed by atoms with Crippen molar-refractivity contribution in [2.75, 3.05) is 6.61 Å². The number of hydrogen-bond donors (Lipinski definition) is 0. The Kier molecular flexibility index (Phi) is 11.6. The van der Waals surface area contributed by atoms with E-state index in [4.69, 9.17) is 18.3 Å². The van der Waals surface area contributed by atoms with Crippen molar-refractivity contribution in [3.63, 3.8) is 0 Å². The van der Waals surface area contributed by atoms with Crippen LogP contribution in [0, 0.1) is 6.92 Å². The van der Waals surface area contributed by atoms with Gasteiger partial charge in [0, 0.05) is 6.42 Å². The molecule has 2 heterocycles. The molecule has 2 aromatic heterocycles. The Labute approximate surface area is 307 Å². The predicted octanol–water partition coefficient (Wildman–Crippen LogP) is 11.7. The van der Waals surface area contributed by atoms with E-state index in [-0.39, 0.29) is 0 Å². The van der Waals surface area contributed by atoms with Crippen LogP contribution in [-0.2, 0) is 37.2 Å². The maximum atomic E-state index is 6.04. The summed E-state index contributed by atoms with van der Waals surface area (Å²) in [4.78, 5) is 0. The van der Waals surface area contributed by atoms with Crippen LogP contribution in [-0.4, -0.2) is 6.61 Å². The van der Waals surface area contributed by atoms with Crippen molar-refractivity contribution in [2.24, 2.45) is 0 Å². The zero-order chi connectivity index (χ0) is 35.4. The van der Waals surface area contributed by atoms with Gasteiger partial charge in [0.1, 0.15) is 23.9 Å². The Hall–Kier alpha value is -5.84. The molecule has 0 aliphatic heterocycles. The first-order chi connectivity index (χ1) is 25.6. The van der Waals surface area contributed by atoms with Crippen molar-refractivity contribution in [3.05, 3.63) is 220 Å². The molecule has 4 nitrogen and oxygen atoms in total. The van der Waals surface area contributed by atoms with Gasteiger partial charge in [-0.05, 0) is 113 Å². The Bertz CT molecular complexity index is 2020. The average Bonchev–Trinajstić information content (AvgIpc) is 3.91. The highest BCUT2D eigenvalue weighted by molar-refractivity contribution is 5.91. The monoisotopic (exact) mass is 684 g/mol. The second kappa shape index (κ2) is 17.4. The summed E-state index contributed by atoms with van der Waals surface area (Å²) >= 11 is 0. The topological polar surface area (TPSA) is 44.7 Å². The highest BCUT2D eigenvalue weighted by atomic mass is 16.5. The van der Waals surface area contributed by atoms with E-state index in [0.29, 0.717) is 25.7 Å². The van der Waals surface area contributed by atoms with Crippen molar-refractivity contribution < 1.29 is 18.3 Å². The minimum absolute atomic E-state index is 0.390. The third-order valence-corrected chi connectivity index (χ3v) is 9.33. The standard InChI is InChI=1S/C48H44O4/c1-36-8-5-9-40(30-36)32-44(41-10-3-2-4-11-41)31-37-14-16-38(17-15-37)33-48(42-20-18-39(19-21-42)34-49-35-47-13-7-28-51-47)43-22-24-46(25-23-43)52-29-26-45-12-6-27-50-45/h2-25,27-28,30,33,44H,26,29,31-32,34-35H2,1H3. The minimum Gasteiger partial charge on any atom is -0.493 e. The van der Waals surface area contributed by atoms with Gasteiger partial charge in [-0.2, -0.15) is 0 Å². The molecular weight excluding hydrogens is 641 g/mol. The van der Waals surface area contributed by atoms with Crippen LogP contribution >= 0.6 is 0 Å². The summed E-state index contributed by atoms with van der Waals surface area (Å²) in [5, 5.41) is 0. The Morgan fingerprint density at radius 2 is 1.27 bits per heavy atom. The number of ether oxygens (including phenoxy) is 2. The number of hydrogen-bond acceptors (Lipinski definition) is 4. The number of aryl methyl sites for hydroxylation is 1.